The fourth-order valence-corrected chi connectivity index (χ4v) is 4.48. The lowest BCUT2D eigenvalue weighted by atomic mass is 10.1. The van der Waals surface area contributed by atoms with Gasteiger partial charge in [0.15, 0.2) is 5.13 Å². The number of ether oxygens (including phenoxy) is 1. The Hall–Kier alpha value is -2.60. The summed E-state index contributed by atoms with van der Waals surface area (Å²) in [6.45, 7) is 7.79. The third kappa shape index (κ3) is 4.12. The monoisotopic (exact) mass is 395 g/mol. The summed E-state index contributed by atoms with van der Waals surface area (Å²) in [6, 6.07) is 14.0. The molecule has 2 heterocycles. The van der Waals surface area contributed by atoms with E-state index in [0.29, 0.717) is 13.0 Å². The largest absolute Gasteiger partial charge is 0.493 e. The lowest BCUT2D eigenvalue weighted by Gasteiger charge is -2.34. The van der Waals surface area contributed by atoms with E-state index >= 15 is 0 Å². The minimum atomic E-state index is 0.158. The molecular weight excluding hydrogens is 370 g/mol. The first kappa shape index (κ1) is 18.7. The number of thiazole rings is 1. The Labute approximate surface area is 169 Å². The predicted octanol–water partition coefficient (Wildman–Crippen LogP) is 4.03. The van der Waals surface area contributed by atoms with Crippen molar-refractivity contribution in [1.82, 2.24) is 9.88 Å². The van der Waals surface area contributed by atoms with Gasteiger partial charge in [-0.3, -0.25) is 4.79 Å². The molecule has 3 aromatic rings. The highest BCUT2D eigenvalue weighted by Gasteiger charge is 2.23. The highest BCUT2D eigenvalue weighted by molar-refractivity contribution is 7.22. The van der Waals surface area contributed by atoms with Crippen LogP contribution in [-0.2, 0) is 4.79 Å². The summed E-state index contributed by atoms with van der Waals surface area (Å²) in [5.41, 5.74) is 3.65. The van der Waals surface area contributed by atoms with E-state index in [9.17, 15) is 4.79 Å². The molecule has 0 atom stereocenters. The van der Waals surface area contributed by atoms with E-state index in [1.807, 2.05) is 35.2 Å². The lowest BCUT2D eigenvalue weighted by molar-refractivity contribution is -0.132. The van der Waals surface area contributed by atoms with Crippen LogP contribution in [0.25, 0.3) is 10.2 Å². The summed E-state index contributed by atoms with van der Waals surface area (Å²) < 4.78 is 6.88. The number of carbonyl (C=O) groups is 1. The average Bonchev–Trinajstić information content (AvgIpc) is 3.12. The van der Waals surface area contributed by atoms with Crippen LogP contribution in [0.2, 0.25) is 0 Å². The van der Waals surface area contributed by atoms with Crippen molar-refractivity contribution in [3.8, 4) is 5.75 Å². The van der Waals surface area contributed by atoms with Crippen molar-refractivity contribution in [3.63, 3.8) is 0 Å². The van der Waals surface area contributed by atoms with Crippen molar-refractivity contribution in [2.45, 2.75) is 20.3 Å². The molecule has 1 fully saturated rings. The SMILES string of the molecule is Cc1cc2nc(N3CCN(C(=O)CCOc4ccccc4)CC3)sc2cc1C. The van der Waals surface area contributed by atoms with Gasteiger partial charge in [-0.15, -0.1) is 0 Å². The molecule has 0 aliphatic carbocycles. The van der Waals surface area contributed by atoms with Crippen LogP contribution < -0.4 is 9.64 Å². The third-order valence-electron chi connectivity index (χ3n) is 5.22. The zero-order valence-electron chi connectivity index (χ0n) is 16.4. The molecule has 6 heteroatoms. The number of anilines is 1. The molecule has 4 rings (SSSR count). The second-order valence-electron chi connectivity index (χ2n) is 7.18. The van der Waals surface area contributed by atoms with Crippen molar-refractivity contribution in [2.75, 3.05) is 37.7 Å². The Balaban J connectivity index is 1.30. The number of rotatable bonds is 5. The van der Waals surface area contributed by atoms with E-state index in [0.717, 1.165) is 42.6 Å². The summed E-state index contributed by atoms with van der Waals surface area (Å²) in [4.78, 5) is 21.5. The second-order valence-corrected chi connectivity index (χ2v) is 8.19. The Kier molecular flexibility index (Phi) is 5.48. The van der Waals surface area contributed by atoms with Gasteiger partial charge in [0.1, 0.15) is 5.75 Å². The van der Waals surface area contributed by atoms with Gasteiger partial charge in [-0.05, 0) is 49.2 Å². The highest BCUT2D eigenvalue weighted by atomic mass is 32.1. The number of piperazine rings is 1. The van der Waals surface area contributed by atoms with Gasteiger partial charge in [-0.1, -0.05) is 29.5 Å². The van der Waals surface area contributed by atoms with E-state index in [1.165, 1.54) is 15.8 Å². The molecule has 1 saturated heterocycles. The van der Waals surface area contributed by atoms with Gasteiger partial charge in [0.25, 0.3) is 0 Å². The van der Waals surface area contributed by atoms with Gasteiger partial charge in [-0.2, -0.15) is 0 Å². The van der Waals surface area contributed by atoms with Gasteiger partial charge < -0.3 is 14.5 Å². The van der Waals surface area contributed by atoms with Gasteiger partial charge in [0.05, 0.1) is 23.2 Å². The molecular formula is C22H25N3O2S. The first-order valence-corrected chi connectivity index (χ1v) is 10.5. The predicted molar refractivity (Wildman–Crippen MR) is 114 cm³/mol. The molecule has 5 nitrogen and oxygen atoms in total. The van der Waals surface area contributed by atoms with Crippen molar-refractivity contribution in [2.24, 2.45) is 0 Å². The second kappa shape index (κ2) is 8.19. The summed E-state index contributed by atoms with van der Waals surface area (Å²) in [6.07, 6.45) is 0.411. The number of amides is 1. The highest BCUT2D eigenvalue weighted by Crippen LogP contribution is 2.31. The number of carbonyl (C=O) groups excluding carboxylic acids is 1. The number of benzene rings is 2. The molecule has 0 spiro atoms. The molecule has 1 amide bonds. The van der Waals surface area contributed by atoms with Crippen molar-refractivity contribution >= 4 is 32.6 Å². The standard InChI is InChI=1S/C22H25N3O2S/c1-16-14-19-20(15-17(16)2)28-22(23-19)25-11-9-24(10-12-25)21(26)8-13-27-18-6-4-3-5-7-18/h3-7,14-15H,8-13H2,1-2H3. The maximum absolute atomic E-state index is 12.5. The normalized spacial score (nSPS) is 14.5. The maximum atomic E-state index is 12.5. The third-order valence-corrected chi connectivity index (χ3v) is 6.30. The summed E-state index contributed by atoms with van der Waals surface area (Å²) in [5.74, 6) is 0.965. The first-order valence-electron chi connectivity index (χ1n) is 9.68. The Morgan fingerprint density at radius 1 is 1.07 bits per heavy atom. The van der Waals surface area contributed by atoms with Crippen molar-refractivity contribution < 1.29 is 9.53 Å². The van der Waals surface area contributed by atoms with Crippen LogP contribution in [0, 0.1) is 13.8 Å². The number of hydrogen-bond donors (Lipinski definition) is 0. The molecule has 2 aromatic carbocycles. The number of hydrogen-bond acceptors (Lipinski definition) is 5. The topological polar surface area (TPSA) is 45.7 Å². The van der Waals surface area contributed by atoms with Crippen LogP contribution in [0.3, 0.4) is 0 Å². The summed E-state index contributed by atoms with van der Waals surface area (Å²) in [5, 5.41) is 1.06. The van der Waals surface area contributed by atoms with Crippen molar-refractivity contribution in [3.05, 3.63) is 53.6 Å². The zero-order chi connectivity index (χ0) is 19.5. The number of para-hydroxylation sites is 1. The number of nitrogens with zero attached hydrogens (tertiary/aromatic N) is 3. The van der Waals surface area contributed by atoms with Crippen LogP contribution in [0.1, 0.15) is 17.5 Å². The molecule has 146 valence electrons. The summed E-state index contributed by atoms with van der Waals surface area (Å²) >= 11 is 1.74. The van der Waals surface area contributed by atoms with E-state index in [4.69, 9.17) is 9.72 Å². The lowest BCUT2D eigenvalue weighted by Crippen LogP contribution is -2.49. The summed E-state index contributed by atoms with van der Waals surface area (Å²) in [7, 11) is 0. The molecule has 0 radical (unpaired) electrons. The Morgan fingerprint density at radius 2 is 1.79 bits per heavy atom. The van der Waals surface area contributed by atoms with Gasteiger partial charge in [0.2, 0.25) is 5.91 Å². The zero-order valence-corrected chi connectivity index (χ0v) is 17.2. The van der Waals surface area contributed by atoms with Crippen molar-refractivity contribution in [1.29, 1.82) is 0 Å². The Bertz CT molecular complexity index is 924. The van der Waals surface area contributed by atoms with E-state index < -0.39 is 0 Å². The van der Waals surface area contributed by atoms with Crippen LogP contribution >= 0.6 is 11.3 Å². The minimum absolute atomic E-state index is 0.158. The molecule has 1 aliphatic rings. The molecule has 0 unspecified atom stereocenters. The minimum Gasteiger partial charge on any atom is -0.493 e. The van der Waals surface area contributed by atoms with E-state index in [2.05, 4.69) is 30.9 Å². The smallest absolute Gasteiger partial charge is 0.226 e. The quantitative estimate of drug-likeness (QED) is 0.654. The number of fused-ring (bicyclic) bond motifs is 1. The Morgan fingerprint density at radius 3 is 2.54 bits per heavy atom. The van der Waals surface area contributed by atoms with Crippen LogP contribution in [-0.4, -0.2) is 48.6 Å². The molecule has 1 aliphatic heterocycles. The number of aromatic nitrogens is 1. The molecule has 1 aromatic heterocycles. The maximum Gasteiger partial charge on any atom is 0.226 e. The number of aryl methyl sites for hydroxylation is 2. The van der Waals surface area contributed by atoms with Gasteiger partial charge >= 0.3 is 0 Å². The molecule has 28 heavy (non-hydrogen) atoms. The fourth-order valence-electron chi connectivity index (χ4n) is 3.38. The molecule has 0 saturated carbocycles. The van der Waals surface area contributed by atoms with E-state index in [-0.39, 0.29) is 5.91 Å². The van der Waals surface area contributed by atoms with Gasteiger partial charge in [0, 0.05) is 26.2 Å². The molecule has 0 N–H and O–H groups in total. The average molecular weight is 396 g/mol. The van der Waals surface area contributed by atoms with Crippen LogP contribution in [0.4, 0.5) is 5.13 Å². The van der Waals surface area contributed by atoms with Gasteiger partial charge in [-0.25, -0.2) is 4.98 Å². The van der Waals surface area contributed by atoms with Crippen LogP contribution in [0.5, 0.6) is 5.75 Å². The first-order chi connectivity index (χ1) is 13.6. The molecule has 0 bridgehead atoms. The van der Waals surface area contributed by atoms with E-state index in [1.54, 1.807) is 11.3 Å². The fraction of sp³-hybridized carbons (Fsp3) is 0.364. The van der Waals surface area contributed by atoms with Crippen LogP contribution in [0.15, 0.2) is 42.5 Å².